The summed E-state index contributed by atoms with van der Waals surface area (Å²) in [7, 11) is -12.6. The third-order valence-electron chi connectivity index (χ3n) is 2.62. The molecular formula is C6H12BINO12P3S. The Bertz CT molecular complexity index is 632. The second kappa shape index (κ2) is 9.65. The summed E-state index contributed by atoms with van der Waals surface area (Å²) in [6.45, 7) is -0.372. The Labute approximate surface area is 161 Å². The normalized spacial score (nSPS) is 30.4. The average molecular weight is 553 g/mol. The number of aliphatic hydroxyl groups excluding tert-OH is 1. The number of alkyl halides is 1. The van der Waals surface area contributed by atoms with Crippen LogP contribution in [0.2, 0.25) is 0 Å². The minimum Gasteiger partial charge on any atom is -0.472 e. The lowest BCUT2D eigenvalue weighted by atomic mass is 9.94. The number of aliphatic hydroxyl groups is 1. The first-order valence-corrected chi connectivity index (χ1v) is 12.0. The van der Waals surface area contributed by atoms with Crippen molar-refractivity contribution >= 4 is 71.7 Å². The van der Waals surface area contributed by atoms with E-state index in [1.54, 1.807) is 7.85 Å². The first-order chi connectivity index (χ1) is 11.4. The van der Waals surface area contributed by atoms with Crippen LogP contribution in [0.5, 0.6) is 0 Å². The third-order valence-corrected chi connectivity index (χ3v) is 8.03. The van der Waals surface area contributed by atoms with E-state index in [1.807, 2.05) is 27.5 Å². The highest BCUT2D eigenvalue weighted by Gasteiger charge is 2.44. The molecule has 1 fully saturated rings. The Morgan fingerprint density at radius 2 is 2.04 bits per heavy atom. The van der Waals surface area contributed by atoms with E-state index in [1.165, 1.54) is 0 Å². The molecule has 25 heavy (non-hydrogen) atoms. The van der Waals surface area contributed by atoms with Crippen molar-refractivity contribution in [2.24, 2.45) is 4.95 Å². The molecule has 0 aromatic rings. The largest absolute Gasteiger partial charge is 0.505 e. The van der Waals surface area contributed by atoms with Crippen LogP contribution in [0.15, 0.2) is 4.95 Å². The third kappa shape index (κ3) is 7.97. The van der Waals surface area contributed by atoms with Crippen molar-refractivity contribution in [3.63, 3.8) is 0 Å². The van der Waals surface area contributed by atoms with Crippen molar-refractivity contribution in [1.29, 1.82) is 0 Å². The first kappa shape index (κ1) is 23.6. The molecule has 19 heteroatoms. The quantitative estimate of drug-likeness (QED) is 0.0910. The number of nitrogens with zero attached hydrogens (tertiary/aromatic N) is 1. The molecule has 6 unspecified atom stereocenters. The molecule has 1 rings (SSSR count). The van der Waals surface area contributed by atoms with Crippen LogP contribution < -0.4 is 0 Å². The van der Waals surface area contributed by atoms with Gasteiger partial charge in [0.2, 0.25) is 0 Å². The number of hydrogen-bond donors (Lipinski definition) is 3. The van der Waals surface area contributed by atoms with Gasteiger partial charge in [0.25, 0.3) is 0 Å². The zero-order chi connectivity index (χ0) is 19.4. The molecule has 0 aromatic heterocycles. The van der Waals surface area contributed by atoms with Crippen molar-refractivity contribution < 1.29 is 51.2 Å². The Kier molecular flexibility index (Phi) is 9.10. The lowest BCUT2D eigenvalue weighted by molar-refractivity contribution is 0.0359. The molecule has 1 heterocycles. The zero-order valence-corrected chi connectivity index (χ0v) is 17.9. The second-order valence-electron chi connectivity index (χ2n) is 4.45. The number of halogens is 1. The monoisotopic (exact) mass is 553 g/mol. The van der Waals surface area contributed by atoms with Gasteiger partial charge in [0.05, 0.1) is 22.6 Å². The molecule has 0 saturated carbocycles. The predicted octanol–water partition coefficient (Wildman–Crippen LogP) is 0.783. The number of nitroso groups, excluding NO2 is 1. The van der Waals surface area contributed by atoms with Crippen molar-refractivity contribution in [3.8, 4) is 0 Å². The fourth-order valence-corrected chi connectivity index (χ4v) is 6.01. The van der Waals surface area contributed by atoms with E-state index < -0.39 is 51.2 Å². The molecular weight excluding hydrogens is 541 g/mol. The number of rotatable bonds is 9. The molecule has 0 aromatic carbocycles. The van der Waals surface area contributed by atoms with Gasteiger partial charge >= 0.3 is 29.1 Å². The van der Waals surface area contributed by atoms with Crippen molar-refractivity contribution in [2.75, 3.05) is 6.61 Å². The number of phosphoric acid groups is 1. The van der Waals surface area contributed by atoms with Gasteiger partial charge < -0.3 is 28.9 Å². The molecule has 13 nitrogen and oxygen atoms in total. The van der Waals surface area contributed by atoms with E-state index in [0.717, 1.165) is 0 Å². The van der Waals surface area contributed by atoms with E-state index >= 15 is 0 Å². The lowest BCUT2D eigenvalue weighted by Gasteiger charge is -2.18. The number of thiocarbonyl (C=S) groups is 1. The molecule has 0 bridgehead atoms. The maximum absolute atomic E-state index is 11.6. The summed E-state index contributed by atoms with van der Waals surface area (Å²) in [4.78, 5) is 29.2. The minimum atomic E-state index is -5.38. The average Bonchev–Trinajstić information content (AvgIpc) is 2.70. The summed E-state index contributed by atoms with van der Waals surface area (Å²) in [5.41, 5.74) is 0. The maximum Gasteiger partial charge on any atom is 0.505 e. The Morgan fingerprint density at radius 1 is 1.44 bits per heavy atom. The molecule has 1 aliphatic heterocycles. The van der Waals surface area contributed by atoms with Crippen LogP contribution in [0, 0.1) is 4.91 Å². The van der Waals surface area contributed by atoms with Gasteiger partial charge in [-0.05, 0) is 0 Å². The highest BCUT2D eigenvalue weighted by Crippen LogP contribution is 2.65. The van der Waals surface area contributed by atoms with E-state index in [-0.39, 0.29) is 6.61 Å². The van der Waals surface area contributed by atoms with Gasteiger partial charge in [0.15, 0.2) is 0 Å². The highest BCUT2D eigenvalue weighted by atomic mass is 127. The van der Waals surface area contributed by atoms with Gasteiger partial charge in [0.1, 0.15) is 14.0 Å². The Hall–Kier alpha value is 0.535. The molecule has 3 N–H and O–H groups in total. The van der Waals surface area contributed by atoms with E-state index in [9.17, 15) is 18.6 Å². The summed E-state index contributed by atoms with van der Waals surface area (Å²) in [5.74, 6) is 0. The first-order valence-electron chi connectivity index (χ1n) is 6.14. The molecule has 0 spiro atoms. The van der Waals surface area contributed by atoms with Crippen LogP contribution in [0.25, 0.3) is 0 Å². The summed E-state index contributed by atoms with van der Waals surface area (Å²) < 4.78 is 56.2. The van der Waals surface area contributed by atoms with Gasteiger partial charge in [-0.2, -0.15) is 4.31 Å². The van der Waals surface area contributed by atoms with Gasteiger partial charge in [-0.15, -0.1) is 4.91 Å². The molecule has 0 radical (unpaired) electrons. The van der Waals surface area contributed by atoms with Crippen LogP contribution in [-0.4, -0.2) is 56.7 Å². The smallest absolute Gasteiger partial charge is 0.472 e. The number of ether oxygens (including phenoxy) is 2. The molecule has 1 saturated heterocycles. The molecule has 0 aliphatic carbocycles. The van der Waals surface area contributed by atoms with Crippen LogP contribution in [0.1, 0.15) is 0 Å². The van der Waals surface area contributed by atoms with Gasteiger partial charge in [-0.3, -0.25) is 4.57 Å². The zero-order valence-electron chi connectivity index (χ0n) is 12.2. The van der Waals surface area contributed by atoms with E-state index in [4.69, 9.17) is 28.9 Å². The standard InChI is InChI=1S/C6H12BINO12P3S/c7-5-4(19-6(10)25)3(8)2(18-5)1-17-22(12)20-23(13,9-11)21-24(14,15)16/h2-5,22H,1,7H2,(H,10,25)(H2,14,15,16). The maximum atomic E-state index is 11.6. The molecule has 6 atom stereocenters. The van der Waals surface area contributed by atoms with Gasteiger partial charge in [-0.25, -0.2) is 13.4 Å². The van der Waals surface area contributed by atoms with Crippen LogP contribution >= 0.6 is 58.6 Å². The topological polar surface area (TPSA) is 187 Å². The fourth-order valence-electron chi connectivity index (χ4n) is 1.76. The van der Waals surface area contributed by atoms with E-state index in [0.29, 0.717) is 0 Å². The number of hydrogen-bond acceptors (Lipinski definition) is 10. The Balaban J connectivity index is 2.59. The summed E-state index contributed by atoms with van der Waals surface area (Å²) in [6.07, 6.45) is -1.31. The van der Waals surface area contributed by atoms with Crippen molar-refractivity contribution in [1.82, 2.24) is 0 Å². The summed E-state index contributed by atoms with van der Waals surface area (Å²) >= 11 is 6.35. The predicted molar refractivity (Wildman–Crippen MR) is 97.7 cm³/mol. The highest BCUT2D eigenvalue weighted by molar-refractivity contribution is 14.1. The van der Waals surface area contributed by atoms with Crippen molar-refractivity contribution in [3.05, 3.63) is 4.91 Å². The SMILES string of the molecule is BC1OC(CO[PH](=O)OP(=O)(N=O)OP(=O)(O)O)C(I)C1OC(O)=S. The van der Waals surface area contributed by atoms with Crippen LogP contribution in [0.4, 0.5) is 0 Å². The van der Waals surface area contributed by atoms with Crippen LogP contribution in [0.3, 0.4) is 0 Å². The molecule has 0 amide bonds. The Morgan fingerprint density at radius 3 is 2.52 bits per heavy atom. The minimum absolute atomic E-state index is 0.372. The fraction of sp³-hybridized carbons (Fsp3) is 0.833. The van der Waals surface area contributed by atoms with E-state index in [2.05, 4.69) is 20.8 Å². The van der Waals surface area contributed by atoms with Crippen molar-refractivity contribution in [2.45, 2.75) is 22.1 Å². The molecule has 144 valence electrons. The second-order valence-corrected chi connectivity index (χ2v) is 10.5. The van der Waals surface area contributed by atoms with Gasteiger partial charge in [-0.1, -0.05) is 22.6 Å². The summed E-state index contributed by atoms with van der Waals surface area (Å²) in [6, 6.07) is -0.496. The lowest BCUT2D eigenvalue weighted by Crippen LogP contribution is -2.33. The summed E-state index contributed by atoms with van der Waals surface area (Å²) in [5, 5.41) is 8.33. The van der Waals surface area contributed by atoms with Crippen LogP contribution in [-0.2, 0) is 36.3 Å². The van der Waals surface area contributed by atoms with Gasteiger partial charge in [0, 0.05) is 17.2 Å². The molecule has 1 aliphatic rings.